The van der Waals surface area contributed by atoms with E-state index in [1.54, 1.807) is 18.2 Å². The number of thiophene rings is 1. The molecule has 0 radical (unpaired) electrons. The smallest absolute Gasteiger partial charge is 0.316 e. The van der Waals surface area contributed by atoms with Gasteiger partial charge in [-0.25, -0.2) is 4.79 Å². The van der Waals surface area contributed by atoms with Crippen LogP contribution >= 0.6 is 11.3 Å². The quantitative estimate of drug-likeness (QED) is 0.345. The number of nitrogens with zero attached hydrogens (tertiary/aromatic N) is 1. The number of nitrogens with two attached hydrogens (primary N) is 1. The third-order valence-electron chi connectivity index (χ3n) is 4.24. The molecule has 150 valence electrons. The summed E-state index contributed by atoms with van der Waals surface area (Å²) in [5.74, 6) is 5.51. The number of hydrogen-bond donors (Lipinski definition) is 4. The van der Waals surface area contributed by atoms with Crippen molar-refractivity contribution in [3.63, 3.8) is 0 Å². The Kier molecular flexibility index (Phi) is 6.43. The molecule has 29 heavy (non-hydrogen) atoms. The van der Waals surface area contributed by atoms with Crippen LogP contribution in [-0.4, -0.2) is 36.0 Å². The number of nitro groups is 1. The van der Waals surface area contributed by atoms with Gasteiger partial charge in [0.15, 0.2) is 0 Å². The van der Waals surface area contributed by atoms with Crippen molar-refractivity contribution in [1.29, 1.82) is 0 Å². The second kappa shape index (κ2) is 9.18. The molecule has 10 heteroatoms. The second-order valence-corrected chi connectivity index (χ2v) is 7.47. The number of anilines is 1. The molecule has 1 atom stereocenters. The number of primary amides is 1. The standard InChI is InChI=1S/C19H19N5O4S/c20-19(26)23-16-10-15(8-5-12-3-6-14(7-4-12)24(27)28)29-17(16)18(25)22-13-2-1-9-21-11-13/h3-4,6-7,10,13,21H,1-2,9,11H2,(H,22,25)(H3,20,23,26)/t13-/m0/s1. The molecule has 0 unspecified atom stereocenters. The second-order valence-electron chi connectivity index (χ2n) is 6.41. The van der Waals surface area contributed by atoms with E-state index in [1.165, 1.54) is 12.1 Å². The first-order valence-corrected chi connectivity index (χ1v) is 9.72. The molecule has 1 fully saturated rings. The van der Waals surface area contributed by atoms with E-state index >= 15 is 0 Å². The Labute approximate surface area is 170 Å². The number of carbonyl (C=O) groups is 2. The number of benzene rings is 1. The van der Waals surface area contributed by atoms with Crippen LogP contribution in [0.5, 0.6) is 0 Å². The lowest BCUT2D eigenvalue weighted by molar-refractivity contribution is -0.384. The Bertz CT molecular complexity index is 984. The summed E-state index contributed by atoms with van der Waals surface area (Å²) in [4.78, 5) is 35.1. The van der Waals surface area contributed by atoms with Crippen molar-refractivity contribution in [3.8, 4) is 11.8 Å². The average Bonchev–Trinajstić information content (AvgIpc) is 3.09. The van der Waals surface area contributed by atoms with Crippen molar-refractivity contribution in [2.75, 3.05) is 18.4 Å². The van der Waals surface area contributed by atoms with Gasteiger partial charge in [0.25, 0.3) is 11.6 Å². The van der Waals surface area contributed by atoms with Crippen molar-refractivity contribution in [3.05, 3.63) is 55.8 Å². The SMILES string of the molecule is NC(=O)Nc1cc(C#Cc2ccc([N+](=O)[O-])cc2)sc1C(=O)N[C@H]1CCCNC1. The van der Waals surface area contributed by atoms with Crippen LogP contribution < -0.4 is 21.7 Å². The summed E-state index contributed by atoms with van der Waals surface area (Å²) in [6.07, 6.45) is 1.86. The number of nitrogens with one attached hydrogen (secondary N) is 3. The van der Waals surface area contributed by atoms with E-state index in [1.807, 2.05) is 0 Å². The summed E-state index contributed by atoms with van der Waals surface area (Å²) in [6, 6.07) is 6.67. The Morgan fingerprint density at radius 2 is 2.03 bits per heavy atom. The Morgan fingerprint density at radius 1 is 1.28 bits per heavy atom. The van der Waals surface area contributed by atoms with Crippen LogP contribution in [0, 0.1) is 22.0 Å². The van der Waals surface area contributed by atoms with Crippen LogP contribution in [0.1, 0.15) is 33.0 Å². The predicted octanol–water partition coefficient (Wildman–Crippen LogP) is 2.03. The number of nitro benzene ring substituents is 1. The van der Waals surface area contributed by atoms with Gasteiger partial charge in [-0.15, -0.1) is 11.3 Å². The van der Waals surface area contributed by atoms with Crippen molar-refractivity contribution in [1.82, 2.24) is 10.6 Å². The first kappa shape index (κ1) is 20.3. The zero-order valence-electron chi connectivity index (χ0n) is 15.4. The Balaban J connectivity index is 1.80. The highest BCUT2D eigenvalue weighted by Gasteiger charge is 2.21. The third-order valence-corrected chi connectivity index (χ3v) is 5.29. The van der Waals surface area contributed by atoms with Crippen LogP contribution in [0.4, 0.5) is 16.2 Å². The number of rotatable bonds is 4. The molecule has 1 saturated heterocycles. The molecule has 1 aromatic carbocycles. The van der Waals surface area contributed by atoms with Crippen molar-refractivity contribution in [2.24, 2.45) is 5.73 Å². The molecule has 1 aromatic heterocycles. The number of piperidine rings is 1. The minimum atomic E-state index is -0.772. The normalized spacial score (nSPS) is 15.7. The van der Waals surface area contributed by atoms with E-state index in [2.05, 4.69) is 27.8 Å². The van der Waals surface area contributed by atoms with Crippen molar-refractivity contribution < 1.29 is 14.5 Å². The highest BCUT2D eigenvalue weighted by atomic mass is 32.1. The van der Waals surface area contributed by atoms with E-state index in [0.717, 1.165) is 30.7 Å². The molecule has 0 spiro atoms. The zero-order chi connectivity index (χ0) is 20.8. The maximum absolute atomic E-state index is 12.7. The first-order chi connectivity index (χ1) is 13.9. The van der Waals surface area contributed by atoms with Gasteiger partial charge in [0.05, 0.1) is 15.5 Å². The first-order valence-electron chi connectivity index (χ1n) is 8.90. The van der Waals surface area contributed by atoms with Gasteiger partial charge in [-0.1, -0.05) is 11.8 Å². The monoisotopic (exact) mass is 413 g/mol. The molecule has 0 saturated carbocycles. The molecule has 9 nitrogen and oxygen atoms in total. The molecule has 2 heterocycles. The lowest BCUT2D eigenvalue weighted by Crippen LogP contribution is -2.45. The molecule has 2 aromatic rings. The fourth-order valence-corrected chi connectivity index (χ4v) is 3.74. The maximum atomic E-state index is 12.7. The molecular formula is C19H19N5O4S. The molecule has 3 rings (SSSR count). The van der Waals surface area contributed by atoms with Crippen LogP contribution in [0.15, 0.2) is 30.3 Å². The molecular weight excluding hydrogens is 394 g/mol. The van der Waals surface area contributed by atoms with Crippen LogP contribution in [0.2, 0.25) is 0 Å². The van der Waals surface area contributed by atoms with E-state index in [9.17, 15) is 19.7 Å². The number of amides is 3. The van der Waals surface area contributed by atoms with Crippen molar-refractivity contribution in [2.45, 2.75) is 18.9 Å². The van der Waals surface area contributed by atoms with E-state index < -0.39 is 11.0 Å². The summed E-state index contributed by atoms with van der Waals surface area (Å²) >= 11 is 1.14. The average molecular weight is 413 g/mol. The minimum absolute atomic E-state index is 0.0178. The zero-order valence-corrected chi connectivity index (χ0v) is 16.2. The summed E-state index contributed by atoms with van der Waals surface area (Å²) in [6.45, 7) is 1.63. The number of carbonyl (C=O) groups excluding carboxylic acids is 2. The van der Waals surface area contributed by atoms with Gasteiger partial charge in [0.2, 0.25) is 0 Å². The molecule has 1 aliphatic rings. The minimum Gasteiger partial charge on any atom is -0.351 e. The summed E-state index contributed by atoms with van der Waals surface area (Å²) < 4.78 is 0. The van der Waals surface area contributed by atoms with E-state index in [4.69, 9.17) is 5.73 Å². The molecule has 3 amide bonds. The fourth-order valence-electron chi connectivity index (χ4n) is 2.87. The van der Waals surface area contributed by atoms with Gasteiger partial charge in [-0.05, 0) is 37.6 Å². The highest BCUT2D eigenvalue weighted by Crippen LogP contribution is 2.27. The number of urea groups is 1. The molecule has 5 N–H and O–H groups in total. The Morgan fingerprint density at radius 3 is 2.66 bits per heavy atom. The Hall–Kier alpha value is -3.42. The fraction of sp³-hybridized carbons (Fsp3) is 0.263. The topological polar surface area (TPSA) is 139 Å². The highest BCUT2D eigenvalue weighted by molar-refractivity contribution is 7.15. The summed E-state index contributed by atoms with van der Waals surface area (Å²) in [5, 5.41) is 19.4. The molecule has 1 aliphatic heterocycles. The lowest BCUT2D eigenvalue weighted by atomic mass is 10.1. The maximum Gasteiger partial charge on any atom is 0.316 e. The van der Waals surface area contributed by atoms with Crippen molar-refractivity contribution >= 4 is 34.6 Å². The van der Waals surface area contributed by atoms with E-state index in [-0.39, 0.29) is 17.6 Å². The van der Waals surface area contributed by atoms with E-state index in [0.29, 0.717) is 27.5 Å². The van der Waals surface area contributed by atoms with Crippen LogP contribution in [0.3, 0.4) is 0 Å². The summed E-state index contributed by atoms with van der Waals surface area (Å²) in [7, 11) is 0. The van der Waals surface area contributed by atoms with Gasteiger partial charge in [0.1, 0.15) is 4.88 Å². The molecule has 0 aliphatic carbocycles. The van der Waals surface area contributed by atoms with Gasteiger partial charge in [-0.3, -0.25) is 14.9 Å². The van der Waals surface area contributed by atoms with Crippen LogP contribution in [-0.2, 0) is 0 Å². The third kappa shape index (κ3) is 5.54. The number of hydrogen-bond acceptors (Lipinski definition) is 6. The largest absolute Gasteiger partial charge is 0.351 e. The van der Waals surface area contributed by atoms with Gasteiger partial charge in [-0.2, -0.15) is 0 Å². The lowest BCUT2D eigenvalue weighted by Gasteiger charge is -2.23. The van der Waals surface area contributed by atoms with Crippen LogP contribution in [0.25, 0.3) is 0 Å². The van der Waals surface area contributed by atoms with Gasteiger partial charge >= 0.3 is 6.03 Å². The predicted molar refractivity (Wildman–Crippen MR) is 110 cm³/mol. The summed E-state index contributed by atoms with van der Waals surface area (Å²) in [5.41, 5.74) is 6.09. The molecule has 0 bridgehead atoms. The van der Waals surface area contributed by atoms with Gasteiger partial charge in [0, 0.05) is 30.3 Å². The number of non-ortho nitro benzene ring substituents is 1. The van der Waals surface area contributed by atoms with Gasteiger partial charge < -0.3 is 21.7 Å².